The van der Waals surface area contributed by atoms with Crippen molar-refractivity contribution in [2.75, 3.05) is 13.6 Å². The molecule has 2 rings (SSSR count). The number of alkyl halides is 3. The molecule has 0 aliphatic rings. The summed E-state index contributed by atoms with van der Waals surface area (Å²) in [5.41, 5.74) is 0.00642. The fourth-order valence-electron chi connectivity index (χ4n) is 2.49. The first-order chi connectivity index (χ1) is 12.8. The van der Waals surface area contributed by atoms with Crippen LogP contribution in [0.5, 0.6) is 0 Å². The lowest BCUT2D eigenvalue weighted by Crippen LogP contribution is -2.37. The third-order valence-corrected chi connectivity index (χ3v) is 4.85. The summed E-state index contributed by atoms with van der Waals surface area (Å²) in [7, 11) is 1.54. The van der Waals surface area contributed by atoms with E-state index < -0.39 is 17.6 Å². The molecule has 0 atom stereocenters. The summed E-state index contributed by atoms with van der Waals surface area (Å²) in [4.78, 5) is 8.40. The third-order valence-electron chi connectivity index (χ3n) is 3.82. The molecule has 0 saturated carbocycles. The summed E-state index contributed by atoms with van der Waals surface area (Å²) in [5.74, 6) is -0.512. The van der Waals surface area contributed by atoms with Gasteiger partial charge in [-0.15, -0.1) is 35.3 Å². The fraction of sp³-hybridized carbons (Fsp3) is 0.444. The van der Waals surface area contributed by atoms with E-state index in [1.54, 1.807) is 18.4 Å². The van der Waals surface area contributed by atoms with Gasteiger partial charge in [0.25, 0.3) is 0 Å². The van der Waals surface area contributed by atoms with Gasteiger partial charge < -0.3 is 10.6 Å². The molecule has 4 nitrogen and oxygen atoms in total. The predicted octanol–water partition coefficient (Wildman–Crippen LogP) is 4.92. The van der Waals surface area contributed by atoms with Crippen molar-refractivity contribution < 1.29 is 17.6 Å². The highest BCUT2D eigenvalue weighted by molar-refractivity contribution is 14.0. The number of unbranched alkanes of at least 4 members (excludes halogenated alkanes) is 1. The molecule has 0 aliphatic heterocycles. The van der Waals surface area contributed by atoms with Crippen molar-refractivity contribution in [1.82, 2.24) is 15.6 Å². The number of guanidine groups is 1. The van der Waals surface area contributed by atoms with Crippen LogP contribution in [-0.2, 0) is 19.1 Å². The maximum atomic E-state index is 13.1. The van der Waals surface area contributed by atoms with Gasteiger partial charge in [0.1, 0.15) is 5.82 Å². The van der Waals surface area contributed by atoms with E-state index in [4.69, 9.17) is 0 Å². The number of rotatable bonds is 7. The molecule has 0 fully saturated rings. The summed E-state index contributed by atoms with van der Waals surface area (Å²) in [6.07, 6.45) is -1.88. The number of aliphatic imine (C=N–C) groups is 1. The largest absolute Gasteiger partial charge is 0.416 e. The Balaban J connectivity index is 0.00000392. The van der Waals surface area contributed by atoms with Gasteiger partial charge in [0.15, 0.2) is 5.96 Å². The Labute approximate surface area is 182 Å². The van der Waals surface area contributed by atoms with Gasteiger partial charge in [-0.05, 0) is 43.9 Å². The highest BCUT2D eigenvalue weighted by Crippen LogP contribution is 2.32. The standard InChI is InChI=1S/C18H22F4N4S.HI/c1-12-11-27-16(26-12)5-3-4-8-24-17(23-2)25-10-13-6-7-14(19)9-15(13)18(20,21)22;/h6-7,9,11H,3-5,8,10H2,1-2H3,(H2,23,24,25);1H. The van der Waals surface area contributed by atoms with Crippen LogP contribution in [0.25, 0.3) is 0 Å². The van der Waals surface area contributed by atoms with Gasteiger partial charge in [0.05, 0.1) is 10.6 Å². The Kier molecular flexibility index (Phi) is 10.1. The van der Waals surface area contributed by atoms with Gasteiger partial charge in [0.2, 0.25) is 0 Å². The number of aromatic nitrogens is 1. The van der Waals surface area contributed by atoms with Crippen LogP contribution < -0.4 is 10.6 Å². The summed E-state index contributed by atoms with van der Waals surface area (Å²) >= 11 is 1.64. The Morgan fingerprint density at radius 3 is 2.57 bits per heavy atom. The second kappa shape index (κ2) is 11.5. The van der Waals surface area contributed by atoms with Crippen LogP contribution in [0.15, 0.2) is 28.6 Å². The molecule has 0 radical (unpaired) electrons. The molecule has 1 aromatic carbocycles. The van der Waals surface area contributed by atoms with Crippen LogP contribution in [0.2, 0.25) is 0 Å². The van der Waals surface area contributed by atoms with E-state index in [1.807, 2.05) is 12.3 Å². The third kappa shape index (κ3) is 7.90. The normalized spacial score (nSPS) is 11.9. The maximum absolute atomic E-state index is 13.1. The zero-order chi connectivity index (χ0) is 19.9. The monoisotopic (exact) mass is 530 g/mol. The van der Waals surface area contributed by atoms with Crippen LogP contribution in [0, 0.1) is 12.7 Å². The molecule has 2 aromatic rings. The Morgan fingerprint density at radius 2 is 1.96 bits per heavy atom. The molecule has 0 saturated heterocycles. The first-order valence-corrected chi connectivity index (χ1v) is 9.38. The maximum Gasteiger partial charge on any atom is 0.416 e. The Morgan fingerprint density at radius 1 is 1.21 bits per heavy atom. The molecule has 10 heteroatoms. The van der Waals surface area contributed by atoms with E-state index in [0.717, 1.165) is 42.1 Å². The summed E-state index contributed by atoms with van der Waals surface area (Å²) in [6, 6.07) is 2.66. The van der Waals surface area contributed by atoms with Crippen LogP contribution in [0.3, 0.4) is 0 Å². The summed E-state index contributed by atoms with van der Waals surface area (Å²) in [6.45, 7) is 2.50. The molecule has 1 aromatic heterocycles. The highest BCUT2D eigenvalue weighted by atomic mass is 127. The molecule has 0 amide bonds. The predicted molar refractivity (Wildman–Crippen MR) is 115 cm³/mol. The number of halogens is 5. The molecular formula is C18H23F4IN4S. The molecule has 156 valence electrons. The number of benzene rings is 1. The summed E-state index contributed by atoms with van der Waals surface area (Å²) < 4.78 is 52.2. The molecule has 2 N–H and O–H groups in total. The van der Waals surface area contributed by atoms with Crippen molar-refractivity contribution in [3.05, 3.63) is 51.2 Å². The lowest BCUT2D eigenvalue weighted by atomic mass is 10.1. The smallest absolute Gasteiger partial charge is 0.356 e. The molecule has 0 bridgehead atoms. The van der Waals surface area contributed by atoms with Gasteiger partial charge in [-0.25, -0.2) is 9.37 Å². The molecule has 1 heterocycles. The van der Waals surface area contributed by atoms with Crippen molar-refractivity contribution >= 4 is 41.3 Å². The van der Waals surface area contributed by atoms with Crippen molar-refractivity contribution in [1.29, 1.82) is 0 Å². The Bertz CT molecular complexity index is 777. The minimum atomic E-state index is -4.61. The first-order valence-electron chi connectivity index (χ1n) is 8.50. The van der Waals surface area contributed by atoms with E-state index in [9.17, 15) is 17.6 Å². The van der Waals surface area contributed by atoms with Crippen molar-refractivity contribution in [2.24, 2.45) is 4.99 Å². The van der Waals surface area contributed by atoms with E-state index in [-0.39, 0.29) is 36.1 Å². The van der Waals surface area contributed by atoms with Crippen LogP contribution >= 0.6 is 35.3 Å². The second-order valence-corrected chi connectivity index (χ2v) is 6.93. The number of hydrogen-bond donors (Lipinski definition) is 2. The van der Waals surface area contributed by atoms with Gasteiger partial charge in [-0.2, -0.15) is 13.2 Å². The van der Waals surface area contributed by atoms with Gasteiger partial charge in [-0.3, -0.25) is 4.99 Å². The van der Waals surface area contributed by atoms with E-state index in [2.05, 4.69) is 20.6 Å². The number of nitrogens with zero attached hydrogens (tertiary/aromatic N) is 2. The zero-order valence-electron chi connectivity index (χ0n) is 15.6. The average molecular weight is 530 g/mol. The first kappa shape index (κ1) is 24.6. The fourth-order valence-corrected chi connectivity index (χ4v) is 3.31. The van der Waals surface area contributed by atoms with Crippen LogP contribution in [0.1, 0.15) is 34.7 Å². The molecule has 0 spiro atoms. The van der Waals surface area contributed by atoms with Crippen molar-refractivity contribution in [3.63, 3.8) is 0 Å². The molecule has 28 heavy (non-hydrogen) atoms. The van der Waals surface area contributed by atoms with Crippen LogP contribution in [0.4, 0.5) is 17.6 Å². The second-order valence-electron chi connectivity index (χ2n) is 5.99. The molecular weight excluding hydrogens is 507 g/mol. The Hall–Kier alpha value is -1.43. The SMILES string of the molecule is CN=C(NCCCCc1nc(C)cs1)NCc1ccc(F)cc1C(F)(F)F.I. The van der Waals surface area contributed by atoms with Crippen molar-refractivity contribution in [3.8, 4) is 0 Å². The number of hydrogen-bond acceptors (Lipinski definition) is 3. The minimum Gasteiger partial charge on any atom is -0.356 e. The quantitative estimate of drug-likeness (QED) is 0.176. The van der Waals surface area contributed by atoms with Gasteiger partial charge in [-0.1, -0.05) is 6.07 Å². The van der Waals surface area contributed by atoms with Gasteiger partial charge in [0, 0.05) is 31.2 Å². The minimum absolute atomic E-state index is 0. The number of aryl methyl sites for hydroxylation is 2. The number of thiazole rings is 1. The topological polar surface area (TPSA) is 49.3 Å². The number of nitrogens with one attached hydrogen (secondary N) is 2. The lowest BCUT2D eigenvalue weighted by Gasteiger charge is -2.16. The van der Waals surface area contributed by atoms with Gasteiger partial charge >= 0.3 is 6.18 Å². The average Bonchev–Trinajstić information content (AvgIpc) is 3.02. The summed E-state index contributed by atoms with van der Waals surface area (Å²) in [5, 5.41) is 9.02. The molecule has 0 unspecified atom stereocenters. The van der Waals surface area contributed by atoms with Crippen LogP contribution in [-0.4, -0.2) is 24.5 Å². The van der Waals surface area contributed by atoms with Crippen molar-refractivity contribution in [2.45, 2.75) is 38.9 Å². The highest BCUT2D eigenvalue weighted by Gasteiger charge is 2.33. The zero-order valence-corrected chi connectivity index (χ0v) is 18.7. The van der Waals surface area contributed by atoms with E-state index >= 15 is 0 Å². The van der Waals surface area contributed by atoms with E-state index in [1.165, 1.54) is 0 Å². The van der Waals surface area contributed by atoms with E-state index in [0.29, 0.717) is 18.6 Å². The molecule has 0 aliphatic carbocycles. The lowest BCUT2D eigenvalue weighted by molar-refractivity contribution is -0.138.